The highest BCUT2D eigenvalue weighted by Gasteiger charge is 2.24. The zero-order valence-electron chi connectivity index (χ0n) is 47.9. The normalized spacial score (nSPS) is 11.4. The van der Waals surface area contributed by atoms with E-state index < -0.39 is 17.2 Å². The Bertz CT molecular complexity index is 4050. The van der Waals surface area contributed by atoms with Crippen molar-refractivity contribution in [1.29, 1.82) is 0 Å². The lowest BCUT2D eigenvalue weighted by molar-refractivity contribution is -0.109. The molecule has 0 fully saturated rings. The number of hydrogen-bond donors (Lipinski definition) is 10. The number of ether oxygens (including phenoxy) is 3. The second-order valence-corrected chi connectivity index (χ2v) is 18.8. The number of aromatic nitrogens is 5. The minimum atomic E-state index is -0.508. The molecule has 0 unspecified atom stereocenters. The summed E-state index contributed by atoms with van der Waals surface area (Å²) >= 11 is 15.1. The monoisotopic (exact) mass is 1250 g/mol. The van der Waals surface area contributed by atoms with Gasteiger partial charge in [0.05, 0.1) is 56.3 Å². The number of halogens is 3. The first-order valence-corrected chi connectivity index (χ1v) is 26.9. The smallest absolute Gasteiger partial charge is 0.338 e. The van der Waals surface area contributed by atoms with Gasteiger partial charge in [0.25, 0.3) is 11.8 Å². The Morgan fingerprint density at radius 2 is 0.908 bits per heavy atom. The van der Waals surface area contributed by atoms with E-state index in [1.807, 2.05) is 60.9 Å². The van der Waals surface area contributed by atoms with Crippen LogP contribution in [0.1, 0.15) is 115 Å². The molecule has 10 aromatic rings. The molecule has 0 radical (unpaired) electrons. The van der Waals surface area contributed by atoms with E-state index in [0.717, 1.165) is 61.3 Å². The number of methoxy groups -OCH3 is 3. The van der Waals surface area contributed by atoms with E-state index >= 15 is 0 Å². The number of alkyl halides is 2. The third-order valence-corrected chi connectivity index (χ3v) is 13.8. The molecule has 26 heteroatoms. The maximum absolute atomic E-state index is 11.9. The first-order chi connectivity index (χ1) is 40.0. The van der Waals surface area contributed by atoms with Crippen LogP contribution in [0, 0.1) is 0 Å². The molecule has 0 spiro atoms. The van der Waals surface area contributed by atoms with Crippen LogP contribution in [-0.4, -0.2) is 122 Å². The van der Waals surface area contributed by atoms with Crippen molar-refractivity contribution < 1.29 is 62.8 Å². The first-order valence-electron chi connectivity index (χ1n) is 25.5. The fraction of sp³-hybridized carbons (Fsp3) is 0.164. The Balaban J connectivity index is 0.000000276. The van der Waals surface area contributed by atoms with E-state index in [1.165, 1.54) is 21.3 Å². The molecule has 5 aromatic carbocycles. The van der Waals surface area contributed by atoms with Gasteiger partial charge in [-0.3, -0.25) is 28.8 Å². The fourth-order valence-electron chi connectivity index (χ4n) is 9.18. The van der Waals surface area contributed by atoms with Crippen LogP contribution in [0.5, 0.6) is 0 Å². The highest BCUT2D eigenvalue weighted by atomic mass is 35.5. The number of benzene rings is 5. The molecule has 458 valence electrons. The minimum Gasteiger partial charge on any atom is -0.465 e. The number of carbonyl (C=O) groups is 9. The van der Waals surface area contributed by atoms with Crippen molar-refractivity contribution in [3.63, 3.8) is 0 Å². The van der Waals surface area contributed by atoms with Crippen molar-refractivity contribution in [2.24, 2.45) is 0 Å². The molecule has 2 amide bonds. The molecule has 0 atom stereocenters. The van der Waals surface area contributed by atoms with Gasteiger partial charge in [-0.1, -0.05) is 44.2 Å². The van der Waals surface area contributed by atoms with Crippen LogP contribution in [0.25, 0.3) is 60.1 Å². The topological polar surface area (TPSA) is 421 Å². The molecule has 5 aromatic heterocycles. The standard InChI is InChI=1S/C13H12N2O.C13H13NO3.C12H10ClNO3.C11H8N2O2.C10H9NO2.C2H2Cl2O.3H3N.H2O/c1-2-8-6-15-13(16)9-4-3-5-11-12(9)10(8)7-14-11;1-3-11(15)9-7-14-10-6-4-5-8(12(9)10)13(16)17-2;1-17-12(16)7-3-2-4-9-11(7)8(6-14-9)10(15)5-13;14-9-5-13-11(15)6-2-1-3-8-10(6)7(9)4-12-8;1-13-10(12)8-3-2-4-9-7(8)5-6-11-9;3-1-2(4)5;;;;/h3-7,14H,2H2,1H3,(H,15,16);4-7,14H,3H2,1-2H3;2-4,6,14H,5H2,1H3;1-4,12H,5H2,(H,13,15);2-6,11H,1H3;1H2;3*1H3;1H2. The van der Waals surface area contributed by atoms with Gasteiger partial charge in [0, 0.05) is 132 Å². The van der Waals surface area contributed by atoms with E-state index in [9.17, 15) is 43.2 Å². The molecule has 87 heavy (non-hydrogen) atoms. The molecule has 7 heterocycles. The number of amides is 2. The highest BCUT2D eigenvalue weighted by molar-refractivity contribution is 6.67. The molecule has 0 aliphatic carbocycles. The van der Waals surface area contributed by atoms with Crippen molar-refractivity contribution in [2.75, 3.05) is 39.6 Å². The van der Waals surface area contributed by atoms with Crippen LogP contribution in [0.3, 0.4) is 0 Å². The molecule has 0 bridgehead atoms. The van der Waals surface area contributed by atoms with Gasteiger partial charge in [-0.25, -0.2) is 14.4 Å². The van der Waals surface area contributed by atoms with E-state index in [-0.39, 0.29) is 77.4 Å². The number of carbonyl (C=O) groups excluding carboxylic acids is 9. The quantitative estimate of drug-likeness (QED) is 0.0211. The van der Waals surface area contributed by atoms with Gasteiger partial charge in [0.2, 0.25) is 5.24 Å². The van der Waals surface area contributed by atoms with E-state index in [0.29, 0.717) is 61.7 Å². The predicted octanol–water partition coefficient (Wildman–Crippen LogP) is 11.3. The Morgan fingerprint density at radius 1 is 0.483 bits per heavy atom. The number of nitrogens with one attached hydrogen (secondary N) is 7. The van der Waals surface area contributed by atoms with Crippen LogP contribution in [0.4, 0.5) is 0 Å². The van der Waals surface area contributed by atoms with Crippen molar-refractivity contribution in [1.82, 2.24) is 54.0 Å². The lowest BCUT2D eigenvalue weighted by atomic mass is 10.0. The number of allylic oxidation sites excluding steroid dienone is 1. The Hall–Kier alpha value is -9.72. The van der Waals surface area contributed by atoms with Crippen LogP contribution >= 0.6 is 34.8 Å². The van der Waals surface area contributed by atoms with Gasteiger partial charge >= 0.3 is 17.9 Å². The fourth-order valence-corrected chi connectivity index (χ4v) is 9.32. The molecule has 23 nitrogen and oxygen atoms in total. The predicted molar refractivity (Wildman–Crippen MR) is 338 cm³/mol. The van der Waals surface area contributed by atoms with E-state index in [2.05, 4.69) is 52.0 Å². The minimum absolute atomic E-state index is 0. The number of hydrogen-bond acceptors (Lipinski definition) is 15. The number of esters is 3. The van der Waals surface area contributed by atoms with Crippen molar-refractivity contribution in [3.05, 3.63) is 184 Å². The van der Waals surface area contributed by atoms with Crippen LogP contribution in [0.2, 0.25) is 0 Å². The molecule has 12 rings (SSSR count). The summed E-state index contributed by atoms with van der Waals surface area (Å²) in [7, 11) is 4.01. The van der Waals surface area contributed by atoms with Crippen LogP contribution in [0.15, 0.2) is 134 Å². The molecule has 0 saturated carbocycles. The second-order valence-electron chi connectivity index (χ2n) is 17.9. The van der Waals surface area contributed by atoms with Gasteiger partial charge in [-0.2, -0.15) is 0 Å². The number of aromatic amines is 5. The number of H-pyrrole nitrogens is 5. The summed E-state index contributed by atoms with van der Waals surface area (Å²) in [6, 6.07) is 28.9. The molecule has 2 aliphatic rings. The average molecular weight is 1250 g/mol. The van der Waals surface area contributed by atoms with E-state index in [4.69, 9.17) is 39.5 Å². The molecule has 0 saturated heterocycles. The number of Topliss-reactive ketones (excluding diaryl/α,β-unsaturated/α-hetero) is 3. The third kappa shape index (κ3) is 16.0. The molecule has 2 aliphatic heterocycles. The summed E-state index contributed by atoms with van der Waals surface area (Å²) in [5, 5.41) is 8.77. The number of rotatable bonds is 9. The summed E-state index contributed by atoms with van der Waals surface area (Å²) in [5.41, 5.74) is 10.8. The van der Waals surface area contributed by atoms with Gasteiger partial charge < -0.3 is 73.7 Å². The molecular weight excluding hydrogens is 1190 g/mol. The maximum atomic E-state index is 11.9. The van der Waals surface area contributed by atoms with E-state index in [1.54, 1.807) is 80.2 Å². The van der Waals surface area contributed by atoms with Crippen molar-refractivity contribution in [2.45, 2.75) is 26.7 Å². The average Bonchev–Trinajstić information content (AvgIpc) is 1.98. The van der Waals surface area contributed by atoms with Gasteiger partial charge in [0.1, 0.15) is 0 Å². The van der Waals surface area contributed by atoms with Crippen LogP contribution < -0.4 is 29.1 Å². The zero-order valence-corrected chi connectivity index (χ0v) is 50.2. The Morgan fingerprint density at radius 3 is 1.39 bits per heavy atom. The summed E-state index contributed by atoms with van der Waals surface area (Å²) < 4.78 is 14.1. The summed E-state index contributed by atoms with van der Waals surface area (Å²) in [4.78, 5) is 118. The lowest BCUT2D eigenvalue weighted by Gasteiger charge is -2.03. The number of fused-ring (bicyclic) bond motifs is 3. The summed E-state index contributed by atoms with van der Waals surface area (Å²) in [5.74, 6) is -1.92. The van der Waals surface area contributed by atoms with Crippen molar-refractivity contribution in [3.8, 4) is 0 Å². The lowest BCUT2D eigenvalue weighted by Crippen LogP contribution is -2.26. The van der Waals surface area contributed by atoms with Gasteiger partial charge in [0.15, 0.2) is 17.3 Å². The van der Waals surface area contributed by atoms with Gasteiger partial charge in [-0.05, 0) is 90.3 Å². The largest absolute Gasteiger partial charge is 0.465 e. The van der Waals surface area contributed by atoms with Crippen molar-refractivity contribution >= 4 is 147 Å². The Labute approximate surface area is 512 Å². The second kappa shape index (κ2) is 33.1. The maximum Gasteiger partial charge on any atom is 0.338 e. The van der Waals surface area contributed by atoms with Crippen LogP contribution in [-0.2, 0) is 19.0 Å². The first kappa shape index (κ1) is 71.5. The van der Waals surface area contributed by atoms with Gasteiger partial charge in [-0.15, -0.1) is 23.2 Å². The Kier molecular flexibility index (Phi) is 27.2. The molecular formula is C61H65Cl3N10O13. The summed E-state index contributed by atoms with van der Waals surface area (Å²) in [6.07, 6.45) is 11.8. The molecule has 18 N–H and O–H groups in total. The highest BCUT2D eigenvalue weighted by Crippen LogP contribution is 2.32. The zero-order chi connectivity index (χ0) is 59.9. The SMILES string of the molecule is CCC(=O)c1c[nH]c2cccc(C(=O)OC)c12.CCC1=CNC(=O)c2cccc3[nH]cc1c23.COC(=O)c1cccc2[nH]cc(C(=O)CCl)c12.COC(=O)c1cccc2[nH]ccc12.N.N.N.O.O=C(Cl)CCl.O=C1CNC(=O)c2cccc3[nH]cc1c23. The number of ketones is 3. The third-order valence-electron chi connectivity index (χ3n) is 13.1. The summed E-state index contributed by atoms with van der Waals surface area (Å²) in [6.45, 7) is 3.95.